The zero-order chi connectivity index (χ0) is 16.7. The molecule has 1 amide bonds. The summed E-state index contributed by atoms with van der Waals surface area (Å²) in [4.78, 5) is 12.0. The maximum atomic E-state index is 13.1. The summed E-state index contributed by atoms with van der Waals surface area (Å²) in [6, 6.07) is 11.5. The van der Waals surface area contributed by atoms with Crippen LogP contribution in [0.2, 0.25) is 5.02 Å². The zero-order valence-corrected chi connectivity index (χ0v) is 14.2. The van der Waals surface area contributed by atoms with Crippen molar-refractivity contribution < 1.29 is 13.9 Å². The van der Waals surface area contributed by atoms with Crippen LogP contribution in [0.15, 0.2) is 42.5 Å². The van der Waals surface area contributed by atoms with E-state index in [-0.39, 0.29) is 11.7 Å². The minimum absolute atomic E-state index is 0.114. The zero-order valence-electron chi connectivity index (χ0n) is 12.6. The van der Waals surface area contributed by atoms with E-state index in [0.29, 0.717) is 34.4 Å². The summed E-state index contributed by atoms with van der Waals surface area (Å²) >= 11 is 7.51. The molecule has 1 N–H and O–H groups in total. The van der Waals surface area contributed by atoms with Crippen LogP contribution in [0.4, 0.5) is 10.1 Å². The highest BCUT2D eigenvalue weighted by Crippen LogP contribution is 2.27. The molecule has 6 heteroatoms. The van der Waals surface area contributed by atoms with E-state index in [1.165, 1.54) is 19.2 Å². The first kappa shape index (κ1) is 17.6. The molecule has 0 radical (unpaired) electrons. The minimum atomic E-state index is -0.242. The number of rotatable bonds is 7. The molecule has 0 heterocycles. The summed E-state index contributed by atoms with van der Waals surface area (Å²) in [6.07, 6.45) is 0.357. The van der Waals surface area contributed by atoms with Gasteiger partial charge in [0.2, 0.25) is 5.91 Å². The van der Waals surface area contributed by atoms with Crippen LogP contribution in [0.5, 0.6) is 5.75 Å². The molecular weight excluding hydrogens is 337 g/mol. The molecular formula is C17H17ClFNO2S. The average molecular weight is 354 g/mol. The Kier molecular flexibility index (Phi) is 6.74. The Morgan fingerprint density at radius 2 is 2.13 bits per heavy atom. The predicted molar refractivity (Wildman–Crippen MR) is 93.8 cm³/mol. The van der Waals surface area contributed by atoms with Crippen LogP contribution < -0.4 is 10.1 Å². The number of methoxy groups -OCH3 is 1. The summed E-state index contributed by atoms with van der Waals surface area (Å²) in [5, 5.41) is 3.32. The van der Waals surface area contributed by atoms with E-state index in [1.54, 1.807) is 36.0 Å². The molecule has 0 aliphatic rings. The largest absolute Gasteiger partial charge is 0.495 e. The number of anilines is 1. The Morgan fingerprint density at radius 3 is 2.87 bits per heavy atom. The van der Waals surface area contributed by atoms with Gasteiger partial charge in [-0.2, -0.15) is 11.8 Å². The number of ether oxygens (including phenoxy) is 1. The van der Waals surface area contributed by atoms with Crippen molar-refractivity contribution in [3.05, 3.63) is 58.9 Å². The van der Waals surface area contributed by atoms with Crippen molar-refractivity contribution in [3.8, 4) is 5.75 Å². The highest BCUT2D eigenvalue weighted by Gasteiger charge is 2.08. The number of amides is 1. The second kappa shape index (κ2) is 8.79. The monoisotopic (exact) mass is 353 g/mol. The van der Waals surface area contributed by atoms with Gasteiger partial charge in [0.1, 0.15) is 11.6 Å². The molecule has 2 aromatic rings. The second-order valence-electron chi connectivity index (χ2n) is 4.83. The molecule has 2 rings (SSSR count). The van der Waals surface area contributed by atoms with Crippen LogP contribution in [-0.4, -0.2) is 18.8 Å². The van der Waals surface area contributed by atoms with E-state index < -0.39 is 0 Å². The second-order valence-corrected chi connectivity index (χ2v) is 6.37. The lowest BCUT2D eigenvalue weighted by molar-refractivity contribution is -0.115. The van der Waals surface area contributed by atoms with Gasteiger partial charge in [0.25, 0.3) is 0 Å². The SMILES string of the molecule is COc1ccc(Cl)cc1NC(=O)CCSCc1cccc(F)c1. The molecule has 0 fully saturated rings. The number of hydrogen-bond donors (Lipinski definition) is 1. The van der Waals surface area contributed by atoms with Crippen molar-refractivity contribution in [2.75, 3.05) is 18.2 Å². The van der Waals surface area contributed by atoms with E-state index in [2.05, 4.69) is 5.32 Å². The third kappa shape index (κ3) is 5.77. The third-order valence-corrected chi connectivity index (χ3v) is 4.33. The van der Waals surface area contributed by atoms with Gasteiger partial charge in [0, 0.05) is 22.9 Å². The molecule has 0 saturated heterocycles. The van der Waals surface area contributed by atoms with E-state index in [0.717, 1.165) is 5.56 Å². The lowest BCUT2D eigenvalue weighted by Crippen LogP contribution is -2.13. The molecule has 3 nitrogen and oxygen atoms in total. The van der Waals surface area contributed by atoms with Crippen molar-refractivity contribution >= 4 is 35.0 Å². The van der Waals surface area contributed by atoms with Crippen molar-refractivity contribution in [1.29, 1.82) is 0 Å². The van der Waals surface area contributed by atoms with Crippen LogP contribution in [0.3, 0.4) is 0 Å². The third-order valence-electron chi connectivity index (χ3n) is 3.07. The summed E-state index contributed by atoms with van der Waals surface area (Å²) in [6.45, 7) is 0. The number of carbonyl (C=O) groups excluding carboxylic acids is 1. The van der Waals surface area contributed by atoms with E-state index in [4.69, 9.17) is 16.3 Å². The van der Waals surface area contributed by atoms with E-state index in [1.807, 2.05) is 6.07 Å². The number of thioether (sulfide) groups is 1. The highest BCUT2D eigenvalue weighted by molar-refractivity contribution is 7.98. The van der Waals surface area contributed by atoms with Gasteiger partial charge in [-0.1, -0.05) is 23.7 Å². The fraction of sp³-hybridized carbons (Fsp3) is 0.235. The topological polar surface area (TPSA) is 38.3 Å². The van der Waals surface area contributed by atoms with Crippen molar-refractivity contribution in [1.82, 2.24) is 0 Å². The quantitative estimate of drug-likeness (QED) is 0.730. The fourth-order valence-corrected chi connectivity index (χ4v) is 3.03. The fourth-order valence-electron chi connectivity index (χ4n) is 1.97. The Balaban J connectivity index is 1.78. The molecule has 0 spiro atoms. The smallest absolute Gasteiger partial charge is 0.225 e. The van der Waals surface area contributed by atoms with Crippen LogP contribution in [0, 0.1) is 5.82 Å². The van der Waals surface area contributed by atoms with Crippen LogP contribution >= 0.6 is 23.4 Å². The maximum Gasteiger partial charge on any atom is 0.225 e. The van der Waals surface area contributed by atoms with E-state index in [9.17, 15) is 9.18 Å². The highest BCUT2D eigenvalue weighted by atomic mass is 35.5. The molecule has 0 aliphatic heterocycles. The Labute approximate surface area is 144 Å². The average Bonchev–Trinajstić information content (AvgIpc) is 2.52. The molecule has 0 bridgehead atoms. The van der Waals surface area contributed by atoms with Gasteiger partial charge in [-0.15, -0.1) is 0 Å². The first-order valence-electron chi connectivity index (χ1n) is 7.04. The molecule has 0 saturated carbocycles. The molecule has 0 aromatic heterocycles. The first-order chi connectivity index (χ1) is 11.1. The predicted octanol–water partition coefficient (Wildman–Crippen LogP) is 4.75. The first-order valence-corrected chi connectivity index (χ1v) is 8.57. The van der Waals surface area contributed by atoms with Gasteiger partial charge >= 0.3 is 0 Å². The maximum absolute atomic E-state index is 13.1. The molecule has 2 aromatic carbocycles. The van der Waals surface area contributed by atoms with Gasteiger partial charge in [-0.05, 0) is 35.9 Å². The van der Waals surface area contributed by atoms with Gasteiger partial charge in [0.05, 0.1) is 12.8 Å². The standard InChI is InChI=1S/C17H17ClFNO2S/c1-22-16-6-5-13(18)10-15(16)20-17(21)7-8-23-11-12-3-2-4-14(19)9-12/h2-6,9-10H,7-8,11H2,1H3,(H,20,21). The summed E-state index contributed by atoms with van der Waals surface area (Å²) in [5.41, 5.74) is 1.46. The number of halogens is 2. The lowest BCUT2D eigenvalue weighted by atomic mass is 10.2. The summed E-state index contributed by atoms with van der Waals surface area (Å²) in [5.74, 6) is 1.53. The van der Waals surface area contributed by atoms with Crippen LogP contribution in [-0.2, 0) is 10.5 Å². The lowest BCUT2D eigenvalue weighted by Gasteiger charge is -2.10. The van der Waals surface area contributed by atoms with Gasteiger partial charge < -0.3 is 10.1 Å². The van der Waals surface area contributed by atoms with Crippen LogP contribution in [0.1, 0.15) is 12.0 Å². The molecule has 122 valence electrons. The van der Waals surface area contributed by atoms with Crippen molar-refractivity contribution in [3.63, 3.8) is 0 Å². The van der Waals surface area contributed by atoms with Crippen molar-refractivity contribution in [2.45, 2.75) is 12.2 Å². The number of hydrogen-bond acceptors (Lipinski definition) is 3. The summed E-state index contributed by atoms with van der Waals surface area (Å²) < 4.78 is 18.2. The van der Waals surface area contributed by atoms with Gasteiger partial charge in [-0.25, -0.2) is 4.39 Å². The molecule has 23 heavy (non-hydrogen) atoms. The normalized spacial score (nSPS) is 10.4. The van der Waals surface area contributed by atoms with Crippen LogP contribution in [0.25, 0.3) is 0 Å². The van der Waals surface area contributed by atoms with Gasteiger partial charge in [-0.3, -0.25) is 4.79 Å². The summed E-state index contributed by atoms with van der Waals surface area (Å²) in [7, 11) is 1.54. The molecule has 0 atom stereocenters. The Morgan fingerprint density at radius 1 is 1.30 bits per heavy atom. The number of benzene rings is 2. The Hall–Kier alpha value is -1.72. The number of carbonyl (C=O) groups is 1. The number of nitrogens with one attached hydrogen (secondary N) is 1. The molecule has 0 aliphatic carbocycles. The van der Waals surface area contributed by atoms with E-state index >= 15 is 0 Å². The minimum Gasteiger partial charge on any atom is -0.495 e. The Bertz CT molecular complexity index is 681. The van der Waals surface area contributed by atoms with Gasteiger partial charge in [0.15, 0.2) is 0 Å². The molecule has 0 unspecified atom stereocenters. The van der Waals surface area contributed by atoms with Crippen molar-refractivity contribution in [2.24, 2.45) is 0 Å².